The van der Waals surface area contributed by atoms with E-state index in [9.17, 15) is 0 Å². The summed E-state index contributed by atoms with van der Waals surface area (Å²) >= 11 is 0. The van der Waals surface area contributed by atoms with Gasteiger partial charge in [0.25, 0.3) is 0 Å². The largest absolute Gasteiger partial charge is 0.384 e. The lowest BCUT2D eigenvalue weighted by molar-refractivity contribution is 0.0529. The molecule has 0 saturated carbocycles. The van der Waals surface area contributed by atoms with Crippen LogP contribution in [0.2, 0.25) is 25.7 Å². The number of nitrogens with zero attached hydrogens (tertiary/aromatic N) is 2. The van der Waals surface area contributed by atoms with Gasteiger partial charge in [0.05, 0.1) is 0 Å². The fourth-order valence-electron chi connectivity index (χ4n) is 3.52. The second-order valence-electron chi connectivity index (χ2n) is 8.06. The number of fused-ring (bicyclic) bond motifs is 2. The van der Waals surface area contributed by atoms with Crippen LogP contribution in [0, 0.1) is 0 Å². The number of hydrogen-bond acceptors (Lipinski definition) is 5. The van der Waals surface area contributed by atoms with Crippen molar-refractivity contribution in [1.82, 2.24) is 4.98 Å². The predicted octanol–water partition coefficient (Wildman–Crippen LogP) is 2.84. The first-order valence-corrected chi connectivity index (χ1v) is 12.3. The van der Waals surface area contributed by atoms with E-state index < -0.39 is 8.07 Å². The minimum atomic E-state index is -1.04. The van der Waals surface area contributed by atoms with Crippen molar-refractivity contribution in [2.45, 2.75) is 43.9 Å². The second kappa shape index (κ2) is 6.41. The van der Waals surface area contributed by atoms with Gasteiger partial charge in [-0.1, -0.05) is 19.6 Å². The third-order valence-corrected chi connectivity index (χ3v) is 6.71. The Morgan fingerprint density at radius 3 is 2.78 bits per heavy atom. The van der Waals surface area contributed by atoms with Gasteiger partial charge in [-0.2, -0.15) is 0 Å². The van der Waals surface area contributed by atoms with Crippen LogP contribution < -0.4 is 10.6 Å². The van der Waals surface area contributed by atoms with E-state index in [2.05, 4.69) is 29.5 Å². The molecule has 3 rings (SSSR count). The van der Waals surface area contributed by atoms with Gasteiger partial charge in [-0.05, 0) is 18.9 Å². The van der Waals surface area contributed by atoms with Crippen LogP contribution in [-0.4, -0.2) is 46.2 Å². The summed E-state index contributed by atoms with van der Waals surface area (Å²) in [6.45, 7) is 11.3. The Bertz CT molecular complexity index is 553. The molecule has 2 N–H and O–H groups in total. The Labute approximate surface area is 140 Å². The van der Waals surface area contributed by atoms with Gasteiger partial charge in [0, 0.05) is 63.4 Å². The van der Waals surface area contributed by atoms with Crippen LogP contribution in [0.1, 0.15) is 18.4 Å². The fourth-order valence-corrected chi connectivity index (χ4v) is 4.28. The summed E-state index contributed by atoms with van der Waals surface area (Å²) in [4.78, 5) is 6.67. The van der Waals surface area contributed by atoms with Crippen molar-refractivity contribution < 1.29 is 9.47 Å². The molecular weight excluding hydrogens is 306 g/mol. The molecule has 2 aliphatic heterocycles. The van der Waals surface area contributed by atoms with E-state index in [0.717, 1.165) is 39.2 Å². The van der Waals surface area contributed by atoms with Crippen molar-refractivity contribution in [1.29, 1.82) is 0 Å². The Morgan fingerprint density at radius 2 is 2.09 bits per heavy atom. The molecule has 0 unspecified atom stereocenters. The molecule has 5 nitrogen and oxygen atoms in total. The molecule has 1 saturated heterocycles. The number of anilines is 2. The van der Waals surface area contributed by atoms with Crippen LogP contribution in [-0.2, 0) is 14.9 Å². The van der Waals surface area contributed by atoms with Crippen LogP contribution in [0.4, 0.5) is 11.5 Å². The van der Waals surface area contributed by atoms with E-state index in [-0.39, 0.29) is 5.41 Å². The summed E-state index contributed by atoms with van der Waals surface area (Å²) in [6, 6.07) is 3.20. The number of hydrogen-bond donors (Lipinski definition) is 1. The van der Waals surface area contributed by atoms with E-state index in [4.69, 9.17) is 15.2 Å². The zero-order valence-corrected chi connectivity index (χ0v) is 15.6. The summed E-state index contributed by atoms with van der Waals surface area (Å²) in [5, 5.41) is 0. The molecule has 0 atom stereocenters. The molecule has 0 amide bonds. The number of ether oxygens (including phenoxy) is 2. The van der Waals surface area contributed by atoms with Crippen LogP contribution in [0.3, 0.4) is 0 Å². The average Bonchev–Trinajstić information content (AvgIpc) is 2.77. The molecule has 0 aromatic carbocycles. The first-order valence-electron chi connectivity index (χ1n) is 8.56. The van der Waals surface area contributed by atoms with E-state index in [1.807, 2.05) is 12.3 Å². The molecular formula is C17H29N3O2Si. The smallest absolute Gasteiger partial charge is 0.125 e. The minimum absolute atomic E-state index is 0.163. The fraction of sp³-hybridized carbons (Fsp3) is 0.706. The van der Waals surface area contributed by atoms with Crippen molar-refractivity contribution in [3.63, 3.8) is 0 Å². The second-order valence-corrected chi connectivity index (χ2v) is 13.7. The highest BCUT2D eigenvalue weighted by Crippen LogP contribution is 2.46. The lowest BCUT2D eigenvalue weighted by atomic mass is 9.76. The average molecular weight is 336 g/mol. The SMILES string of the molecule is C[Si](C)(C)CCOCN1CC2(CCOCC2)c2cnc(N)cc21. The van der Waals surface area contributed by atoms with E-state index >= 15 is 0 Å². The van der Waals surface area contributed by atoms with Gasteiger partial charge in [0.1, 0.15) is 12.5 Å². The zero-order valence-electron chi connectivity index (χ0n) is 14.6. The van der Waals surface area contributed by atoms with Gasteiger partial charge >= 0.3 is 0 Å². The van der Waals surface area contributed by atoms with Gasteiger partial charge < -0.3 is 20.1 Å². The van der Waals surface area contributed by atoms with Gasteiger partial charge in [-0.25, -0.2) is 4.98 Å². The molecule has 0 bridgehead atoms. The van der Waals surface area contributed by atoms with Crippen molar-refractivity contribution >= 4 is 19.6 Å². The van der Waals surface area contributed by atoms with E-state index in [1.165, 1.54) is 17.3 Å². The van der Waals surface area contributed by atoms with Crippen molar-refractivity contribution in [3.8, 4) is 0 Å². The Morgan fingerprint density at radius 1 is 1.35 bits per heavy atom. The first-order chi connectivity index (χ1) is 10.9. The minimum Gasteiger partial charge on any atom is -0.384 e. The maximum Gasteiger partial charge on any atom is 0.125 e. The zero-order chi connectivity index (χ0) is 16.5. The van der Waals surface area contributed by atoms with Gasteiger partial charge in [0.2, 0.25) is 0 Å². The van der Waals surface area contributed by atoms with Crippen molar-refractivity contribution in [2.24, 2.45) is 0 Å². The Hall–Kier alpha value is -1.11. The number of rotatable bonds is 5. The number of nitrogen functional groups attached to an aromatic ring is 1. The number of pyridine rings is 1. The quantitative estimate of drug-likeness (QED) is 0.662. The summed E-state index contributed by atoms with van der Waals surface area (Å²) in [7, 11) is -1.04. The molecule has 1 spiro atoms. The molecule has 0 radical (unpaired) electrons. The third kappa shape index (κ3) is 3.70. The molecule has 0 aliphatic carbocycles. The van der Waals surface area contributed by atoms with Gasteiger partial charge in [-0.3, -0.25) is 0 Å². The van der Waals surface area contributed by atoms with Crippen LogP contribution in [0.25, 0.3) is 0 Å². The maximum atomic E-state index is 5.99. The topological polar surface area (TPSA) is 60.6 Å². The standard InChI is InChI=1S/C17H29N3O2Si/c1-23(2,3)9-8-22-13-20-12-17(4-6-21-7-5-17)14-11-19-16(18)10-15(14)20/h10-11H,4-9,12-13H2,1-3H3,(H2,18,19). The predicted molar refractivity (Wildman–Crippen MR) is 96.7 cm³/mol. The molecule has 23 heavy (non-hydrogen) atoms. The van der Waals surface area contributed by atoms with Gasteiger partial charge in [0.15, 0.2) is 0 Å². The Kier molecular flexibility index (Phi) is 4.67. The van der Waals surface area contributed by atoms with E-state index in [1.54, 1.807) is 0 Å². The van der Waals surface area contributed by atoms with Crippen LogP contribution in [0.5, 0.6) is 0 Å². The highest BCUT2D eigenvalue weighted by Gasteiger charge is 2.44. The molecule has 1 aromatic heterocycles. The molecule has 3 heterocycles. The number of nitrogens with two attached hydrogens (primary N) is 1. The highest BCUT2D eigenvalue weighted by atomic mass is 28.3. The Balaban J connectivity index is 1.71. The van der Waals surface area contributed by atoms with E-state index in [0.29, 0.717) is 12.5 Å². The lowest BCUT2D eigenvalue weighted by Gasteiger charge is -2.34. The van der Waals surface area contributed by atoms with Gasteiger partial charge in [-0.15, -0.1) is 0 Å². The van der Waals surface area contributed by atoms with Crippen molar-refractivity contribution in [2.75, 3.05) is 43.7 Å². The van der Waals surface area contributed by atoms with Crippen LogP contribution in [0.15, 0.2) is 12.3 Å². The molecule has 2 aliphatic rings. The normalized spacial score (nSPS) is 20.0. The molecule has 6 heteroatoms. The highest BCUT2D eigenvalue weighted by molar-refractivity contribution is 6.76. The van der Waals surface area contributed by atoms with Crippen molar-refractivity contribution in [3.05, 3.63) is 17.8 Å². The first kappa shape index (κ1) is 16.7. The summed E-state index contributed by atoms with van der Waals surface area (Å²) in [5.41, 5.74) is 8.61. The molecule has 1 aromatic rings. The lowest BCUT2D eigenvalue weighted by Crippen LogP contribution is -2.39. The monoisotopic (exact) mass is 335 g/mol. The maximum absolute atomic E-state index is 5.99. The molecule has 128 valence electrons. The molecule has 1 fully saturated rings. The summed E-state index contributed by atoms with van der Waals surface area (Å²) < 4.78 is 11.6. The third-order valence-electron chi connectivity index (χ3n) is 5.00. The number of aromatic nitrogens is 1. The summed E-state index contributed by atoms with van der Waals surface area (Å²) in [6.07, 6.45) is 4.08. The van der Waals surface area contributed by atoms with Crippen LogP contribution >= 0.6 is 0 Å². The summed E-state index contributed by atoms with van der Waals surface area (Å²) in [5.74, 6) is 0.583.